The largest absolute Gasteiger partial charge is 0.480 e. The summed E-state index contributed by atoms with van der Waals surface area (Å²) in [5.74, 6) is -1.22. The summed E-state index contributed by atoms with van der Waals surface area (Å²) < 4.78 is 0. The maximum Gasteiger partial charge on any atom is 0.326 e. The Balaban J connectivity index is 2.89. The topological polar surface area (TPSA) is 66.4 Å². The van der Waals surface area contributed by atoms with Crippen molar-refractivity contribution in [2.24, 2.45) is 11.8 Å². The molecule has 21 heavy (non-hydrogen) atoms. The highest BCUT2D eigenvalue weighted by atomic mass is 16.4. The van der Waals surface area contributed by atoms with Crippen molar-refractivity contribution in [3.8, 4) is 0 Å². The van der Waals surface area contributed by atoms with Gasteiger partial charge in [0.05, 0.1) is 5.92 Å². The van der Waals surface area contributed by atoms with E-state index in [0.717, 1.165) is 5.56 Å². The van der Waals surface area contributed by atoms with E-state index in [1.165, 1.54) is 0 Å². The fourth-order valence-electron chi connectivity index (χ4n) is 2.45. The van der Waals surface area contributed by atoms with E-state index in [9.17, 15) is 14.7 Å². The highest BCUT2D eigenvalue weighted by Gasteiger charge is 2.28. The second-order valence-electron chi connectivity index (χ2n) is 6.16. The van der Waals surface area contributed by atoms with Crippen LogP contribution in [0.3, 0.4) is 0 Å². The van der Waals surface area contributed by atoms with Gasteiger partial charge in [0.25, 0.3) is 0 Å². The molecule has 0 aliphatic rings. The van der Waals surface area contributed by atoms with Crippen molar-refractivity contribution in [1.82, 2.24) is 5.32 Å². The highest BCUT2D eigenvalue weighted by molar-refractivity contribution is 5.88. The number of benzene rings is 1. The zero-order valence-electron chi connectivity index (χ0n) is 13.2. The van der Waals surface area contributed by atoms with Crippen LogP contribution in [-0.4, -0.2) is 23.0 Å². The van der Waals surface area contributed by atoms with E-state index in [2.05, 4.69) is 5.32 Å². The molecule has 0 saturated carbocycles. The van der Waals surface area contributed by atoms with Crippen LogP contribution in [0.15, 0.2) is 30.3 Å². The van der Waals surface area contributed by atoms with Crippen LogP contribution in [0.25, 0.3) is 0 Å². The van der Waals surface area contributed by atoms with E-state index in [0.29, 0.717) is 6.42 Å². The molecular weight excluding hydrogens is 266 g/mol. The first kappa shape index (κ1) is 17.2. The zero-order chi connectivity index (χ0) is 16.0. The summed E-state index contributed by atoms with van der Waals surface area (Å²) in [6.07, 6.45) is 0.431. The summed E-state index contributed by atoms with van der Waals surface area (Å²) in [7, 11) is 0. The molecule has 0 heterocycles. The molecule has 1 unspecified atom stereocenters. The van der Waals surface area contributed by atoms with E-state index in [-0.39, 0.29) is 23.7 Å². The summed E-state index contributed by atoms with van der Waals surface area (Å²) in [6, 6.07) is 8.66. The van der Waals surface area contributed by atoms with Gasteiger partial charge >= 0.3 is 5.97 Å². The van der Waals surface area contributed by atoms with Gasteiger partial charge in [-0.1, -0.05) is 58.0 Å². The Morgan fingerprint density at radius 3 is 2.10 bits per heavy atom. The molecule has 0 spiro atoms. The van der Waals surface area contributed by atoms with Gasteiger partial charge in [-0.25, -0.2) is 4.79 Å². The molecule has 0 aliphatic carbocycles. The lowest BCUT2D eigenvalue weighted by molar-refractivity contribution is -0.142. The fourth-order valence-corrected chi connectivity index (χ4v) is 2.45. The number of nitrogens with one attached hydrogen (secondary N) is 1. The molecule has 0 saturated heterocycles. The number of rotatable bonds is 7. The minimum atomic E-state index is -0.979. The molecule has 2 N–H and O–H groups in total. The van der Waals surface area contributed by atoms with Crippen LogP contribution >= 0.6 is 0 Å². The Bertz CT molecular complexity index is 468. The standard InChI is InChI=1S/C17H25NO3/c1-11(2)10-14(17(20)21)18-16(19)15(12(3)4)13-8-6-5-7-9-13/h5-9,11-12,14-15H,10H2,1-4H3,(H,18,19)(H,20,21)/t14-,15?/m1/s1. The highest BCUT2D eigenvalue weighted by Crippen LogP contribution is 2.24. The molecule has 1 rings (SSSR count). The van der Waals surface area contributed by atoms with Crippen LogP contribution in [-0.2, 0) is 9.59 Å². The van der Waals surface area contributed by atoms with E-state index in [1.54, 1.807) is 0 Å². The molecule has 4 heteroatoms. The SMILES string of the molecule is CC(C)C[C@@H](NC(=O)C(c1ccccc1)C(C)C)C(=O)O. The monoisotopic (exact) mass is 291 g/mol. The Morgan fingerprint density at radius 1 is 1.10 bits per heavy atom. The third kappa shape index (κ3) is 5.21. The number of aliphatic carboxylic acids is 1. The first-order chi connectivity index (χ1) is 9.82. The van der Waals surface area contributed by atoms with Gasteiger partial charge < -0.3 is 10.4 Å². The Morgan fingerprint density at radius 2 is 1.67 bits per heavy atom. The lowest BCUT2D eigenvalue weighted by Crippen LogP contribution is -2.44. The van der Waals surface area contributed by atoms with Crippen LogP contribution in [0.5, 0.6) is 0 Å². The summed E-state index contributed by atoms with van der Waals surface area (Å²) in [6.45, 7) is 7.82. The van der Waals surface area contributed by atoms with Crippen molar-refractivity contribution < 1.29 is 14.7 Å². The number of amides is 1. The fraction of sp³-hybridized carbons (Fsp3) is 0.529. The molecule has 4 nitrogen and oxygen atoms in total. The van der Waals surface area contributed by atoms with Crippen molar-refractivity contribution in [2.75, 3.05) is 0 Å². The smallest absolute Gasteiger partial charge is 0.326 e. The van der Waals surface area contributed by atoms with Crippen LogP contribution in [0, 0.1) is 11.8 Å². The number of carbonyl (C=O) groups is 2. The number of hydrogen-bond donors (Lipinski definition) is 2. The summed E-state index contributed by atoms with van der Waals surface area (Å²) in [4.78, 5) is 23.8. The quantitative estimate of drug-likeness (QED) is 0.811. The lowest BCUT2D eigenvalue weighted by atomic mass is 9.87. The van der Waals surface area contributed by atoms with Crippen LogP contribution in [0.4, 0.5) is 0 Å². The maximum atomic E-state index is 12.5. The van der Waals surface area contributed by atoms with E-state index in [4.69, 9.17) is 0 Å². The summed E-state index contributed by atoms with van der Waals surface area (Å²) >= 11 is 0. The van der Waals surface area contributed by atoms with Gasteiger partial charge in [-0.2, -0.15) is 0 Å². The number of hydrogen-bond acceptors (Lipinski definition) is 2. The van der Waals surface area contributed by atoms with Crippen molar-refractivity contribution >= 4 is 11.9 Å². The lowest BCUT2D eigenvalue weighted by Gasteiger charge is -2.24. The van der Waals surface area contributed by atoms with Crippen molar-refractivity contribution in [3.05, 3.63) is 35.9 Å². The predicted molar refractivity (Wildman–Crippen MR) is 83.0 cm³/mol. The van der Waals surface area contributed by atoms with Crippen molar-refractivity contribution in [3.63, 3.8) is 0 Å². The van der Waals surface area contributed by atoms with Crippen molar-refractivity contribution in [2.45, 2.75) is 46.1 Å². The second kappa shape index (κ2) is 7.81. The van der Waals surface area contributed by atoms with Crippen molar-refractivity contribution in [1.29, 1.82) is 0 Å². The summed E-state index contributed by atoms with van der Waals surface area (Å²) in [5, 5.41) is 11.9. The van der Waals surface area contributed by atoms with E-state index in [1.807, 2.05) is 58.0 Å². The molecule has 0 fully saturated rings. The first-order valence-corrected chi connectivity index (χ1v) is 7.41. The van der Waals surface area contributed by atoms with Gasteiger partial charge in [-0.05, 0) is 23.8 Å². The molecule has 1 amide bonds. The van der Waals surface area contributed by atoms with Crippen LogP contribution < -0.4 is 5.32 Å². The Labute approximate surface area is 126 Å². The van der Waals surface area contributed by atoms with Gasteiger partial charge in [0.15, 0.2) is 0 Å². The van der Waals surface area contributed by atoms with Gasteiger partial charge in [0.2, 0.25) is 5.91 Å². The first-order valence-electron chi connectivity index (χ1n) is 7.41. The average molecular weight is 291 g/mol. The molecular formula is C17H25NO3. The minimum Gasteiger partial charge on any atom is -0.480 e. The van der Waals surface area contributed by atoms with E-state index < -0.39 is 12.0 Å². The maximum absolute atomic E-state index is 12.5. The van der Waals surface area contributed by atoms with Gasteiger partial charge in [0, 0.05) is 0 Å². The molecule has 116 valence electrons. The normalized spacial score (nSPS) is 14.0. The second-order valence-corrected chi connectivity index (χ2v) is 6.16. The molecule has 0 aliphatic heterocycles. The predicted octanol–water partition coefficient (Wildman–Crippen LogP) is 3.04. The molecule has 2 atom stereocenters. The third-order valence-corrected chi connectivity index (χ3v) is 3.43. The summed E-state index contributed by atoms with van der Waals surface area (Å²) in [5.41, 5.74) is 0.915. The van der Waals surface area contributed by atoms with Crippen LogP contribution in [0.2, 0.25) is 0 Å². The third-order valence-electron chi connectivity index (χ3n) is 3.43. The minimum absolute atomic E-state index is 0.0981. The molecule has 1 aromatic rings. The van der Waals surface area contributed by atoms with Gasteiger partial charge in [0.1, 0.15) is 6.04 Å². The average Bonchev–Trinajstić information content (AvgIpc) is 2.38. The van der Waals surface area contributed by atoms with E-state index >= 15 is 0 Å². The number of carboxylic acids is 1. The van der Waals surface area contributed by atoms with Crippen LogP contribution in [0.1, 0.15) is 45.6 Å². The van der Waals surface area contributed by atoms with Gasteiger partial charge in [-0.15, -0.1) is 0 Å². The zero-order valence-corrected chi connectivity index (χ0v) is 13.2. The Hall–Kier alpha value is -1.84. The molecule has 0 radical (unpaired) electrons. The molecule has 1 aromatic carbocycles. The molecule has 0 bridgehead atoms. The van der Waals surface area contributed by atoms with Gasteiger partial charge in [-0.3, -0.25) is 4.79 Å². The number of carbonyl (C=O) groups excluding carboxylic acids is 1. The number of carboxylic acid groups (broad SMARTS) is 1. The Kier molecular flexibility index (Phi) is 6.40. The molecule has 0 aromatic heterocycles.